The monoisotopic (exact) mass is 387 g/mol. The number of rotatable bonds is 2. The molecule has 0 aromatic carbocycles. The van der Waals surface area contributed by atoms with Crippen LogP contribution in [0.4, 0.5) is 0 Å². The molecule has 1 saturated heterocycles. The van der Waals surface area contributed by atoms with Crippen LogP contribution in [0, 0.1) is 34.5 Å². The van der Waals surface area contributed by atoms with E-state index in [1.54, 1.807) is 0 Å². The van der Waals surface area contributed by atoms with Crippen molar-refractivity contribution in [2.24, 2.45) is 34.5 Å². The lowest BCUT2D eigenvalue weighted by molar-refractivity contribution is -0.134. The summed E-state index contributed by atoms with van der Waals surface area (Å²) in [6.07, 6.45) is 9.74. The molecule has 156 valence electrons. The highest BCUT2D eigenvalue weighted by molar-refractivity contribution is 5.89. The molecule has 5 rings (SSSR count). The lowest BCUT2D eigenvalue weighted by Gasteiger charge is -2.56. The molecular weight excluding hydrogens is 350 g/mol. The van der Waals surface area contributed by atoms with Crippen molar-refractivity contribution in [2.75, 3.05) is 32.8 Å². The maximum absolute atomic E-state index is 13.5. The van der Waals surface area contributed by atoms with Crippen LogP contribution in [-0.2, 0) is 9.53 Å². The van der Waals surface area contributed by atoms with Gasteiger partial charge in [0.15, 0.2) is 0 Å². The van der Waals surface area contributed by atoms with Crippen molar-refractivity contribution in [3.05, 3.63) is 11.6 Å². The molecular formula is C24H37NO3. The van der Waals surface area contributed by atoms with Crippen molar-refractivity contribution in [1.82, 2.24) is 4.90 Å². The Hall–Kier alpha value is -0.710. The second-order valence-electron chi connectivity index (χ2n) is 10.8. The second-order valence-corrected chi connectivity index (χ2v) is 10.8. The van der Waals surface area contributed by atoms with Crippen molar-refractivity contribution in [3.63, 3.8) is 0 Å². The number of hydrogen-bond acceptors (Lipinski definition) is 4. The summed E-state index contributed by atoms with van der Waals surface area (Å²) < 4.78 is 5.49. The van der Waals surface area contributed by atoms with Gasteiger partial charge in [-0.2, -0.15) is 0 Å². The zero-order valence-corrected chi connectivity index (χ0v) is 17.7. The standard InChI is InChI=1S/C24H37NO3/c1-23-7-5-18(26)14-17(23)3-4-19-20(23)6-8-24(2)21(19)13-16(22(24)27)15-25-9-11-28-12-10-25/h3,16,18-21,26H,4-15H2,1-2H3/t16-,18-,19-,20+,21-,23+,24-/m1/s1. The SMILES string of the molecule is C[C@@]12CC[C@H]3[C@@H](CC=C4C[C@H](O)CC[C@@]43C)[C@H]1C[C@H](CN1CCOCC1)C2=O. The van der Waals surface area contributed by atoms with Gasteiger partial charge < -0.3 is 9.84 Å². The van der Waals surface area contributed by atoms with E-state index in [0.717, 1.165) is 71.4 Å². The Bertz CT molecular complexity index is 669. The highest BCUT2D eigenvalue weighted by Gasteiger charge is 2.61. The number of carbonyl (C=O) groups excluding carboxylic acids is 1. The van der Waals surface area contributed by atoms with E-state index in [9.17, 15) is 9.90 Å². The number of nitrogens with zero attached hydrogens (tertiary/aromatic N) is 1. The molecule has 1 heterocycles. The minimum Gasteiger partial charge on any atom is -0.393 e. The molecule has 4 fully saturated rings. The first-order valence-electron chi connectivity index (χ1n) is 11.6. The van der Waals surface area contributed by atoms with Gasteiger partial charge in [-0.3, -0.25) is 9.69 Å². The highest BCUT2D eigenvalue weighted by Crippen LogP contribution is 2.64. The Labute approximate surface area is 169 Å². The minimum absolute atomic E-state index is 0.103. The number of ketones is 1. The third kappa shape index (κ3) is 2.86. The Kier molecular flexibility index (Phi) is 4.76. The largest absolute Gasteiger partial charge is 0.393 e. The van der Waals surface area contributed by atoms with E-state index in [1.807, 2.05) is 0 Å². The molecule has 0 unspecified atom stereocenters. The molecule has 28 heavy (non-hydrogen) atoms. The average molecular weight is 388 g/mol. The summed E-state index contributed by atoms with van der Waals surface area (Å²) in [6, 6.07) is 0. The van der Waals surface area contributed by atoms with Crippen molar-refractivity contribution in [3.8, 4) is 0 Å². The van der Waals surface area contributed by atoms with Gasteiger partial charge in [-0.15, -0.1) is 0 Å². The second kappa shape index (κ2) is 6.92. The fourth-order valence-corrected chi connectivity index (χ4v) is 7.84. The van der Waals surface area contributed by atoms with Gasteiger partial charge in [0.25, 0.3) is 0 Å². The molecule has 0 aromatic heterocycles. The summed E-state index contributed by atoms with van der Waals surface area (Å²) in [7, 11) is 0. The maximum atomic E-state index is 13.5. The van der Waals surface area contributed by atoms with Gasteiger partial charge in [0.05, 0.1) is 19.3 Å². The fraction of sp³-hybridized carbons (Fsp3) is 0.875. The molecule has 0 amide bonds. The van der Waals surface area contributed by atoms with Crippen LogP contribution in [0.5, 0.6) is 0 Å². The molecule has 3 saturated carbocycles. The Morgan fingerprint density at radius 3 is 2.68 bits per heavy atom. The first-order chi connectivity index (χ1) is 13.4. The minimum atomic E-state index is -0.143. The number of morpholine rings is 1. The number of aliphatic hydroxyl groups is 1. The molecule has 0 spiro atoms. The third-order valence-corrected chi connectivity index (χ3v) is 9.52. The van der Waals surface area contributed by atoms with E-state index in [2.05, 4.69) is 24.8 Å². The van der Waals surface area contributed by atoms with Crippen LogP contribution in [0.1, 0.15) is 58.8 Å². The molecule has 0 radical (unpaired) electrons. The molecule has 4 heteroatoms. The van der Waals surface area contributed by atoms with Crippen molar-refractivity contribution in [1.29, 1.82) is 0 Å². The van der Waals surface area contributed by atoms with Gasteiger partial charge in [0.1, 0.15) is 5.78 Å². The number of carbonyl (C=O) groups is 1. The molecule has 4 nitrogen and oxygen atoms in total. The molecule has 7 atom stereocenters. The quantitative estimate of drug-likeness (QED) is 0.738. The van der Waals surface area contributed by atoms with E-state index < -0.39 is 0 Å². The Morgan fingerprint density at radius 1 is 1.14 bits per heavy atom. The molecule has 5 aliphatic rings. The maximum Gasteiger partial charge on any atom is 0.143 e. The first-order valence-corrected chi connectivity index (χ1v) is 11.6. The fourth-order valence-electron chi connectivity index (χ4n) is 7.84. The number of aliphatic hydroxyl groups excluding tert-OH is 1. The number of Topliss-reactive ketones (excluding diaryl/α,β-unsaturated/α-hetero) is 1. The number of ether oxygens (including phenoxy) is 1. The smallest absolute Gasteiger partial charge is 0.143 e. The van der Waals surface area contributed by atoms with Gasteiger partial charge in [0.2, 0.25) is 0 Å². The van der Waals surface area contributed by atoms with E-state index in [4.69, 9.17) is 4.74 Å². The molecule has 1 N–H and O–H groups in total. The highest BCUT2D eigenvalue weighted by atomic mass is 16.5. The lowest BCUT2D eigenvalue weighted by atomic mass is 9.48. The Balaban J connectivity index is 1.38. The van der Waals surface area contributed by atoms with Crippen molar-refractivity contribution in [2.45, 2.75) is 64.9 Å². The van der Waals surface area contributed by atoms with Crippen LogP contribution in [0.15, 0.2) is 11.6 Å². The van der Waals surface area contributed by atoms with E-state index in [-0.39, 0.29) is 22.9 Å². The van der Waals surface area contributed by atoms with Crippen LogP contribution in [0.3, 0.4) is 0 Å². The molecule has 1 aliphatic heterocycles. The van der Waals surface area contributed by atoms with Crippen molar-refractivity contribution >= 4 is 5.78 Å². The zero-order chi connectivity index (χ0) is 19.5. The predicted molar refractivity (Wildman–Crippen MR) is 109 cm³/mol. The summed E-state index contributed by atoms with van der Waals surface area (Å²) in [5.74, 6) is 2.68. The topological polar surface area (TPSA) is 49.8 Å². The van der Waals surface area contributed by atoms with Crippen molar-refractivity contribution < 1.29 is 14.6 Å². The van der Waals surface area contributed by atoms with Gasteiger partial charge in [0, 0.05) is 31.0 Å². The van der Waals surface area contributed by atoms with Gasteiger partial charge in [-0.05, 0) is 68.1 Å². The van der Waals surface area contributed by atoms with Gasteiger partial charge in [-0.25, -0.2) is 0 Å². The number of allylic oxidation sites excluding steroid dienone is 1. The lowest BCUT2D eigenvalue weighted by Crippen LogP contribution is -2.50. The van der Waals surface area contributed by atoms with Gasteiger partial charge >= 0.3 is 0 Å². The number of fused-ring (bicyclic) bond motifs is 5. The van der Waals surface area contributed by atoms with Gasteiger partial charge in [-0.1, -0.05) is 25.5 Å². The molecule has 0 bridgehead atoms. The third-order valence-electron chi connectivity index (χ3n) is 9.52. The zero-order valence-electron chi connectivity index (χ0n) is 17.7. The summed E-state index contributed by atoms with van der Waals surface area (Å²) in [5, 5.41) is 10.2. The molecule has 4 aliphatic carbocycles. The average Bonchev–Trinajstić information content (AvgIpc) is 2.94. The molecule has 0 aromatic rings. The summed E-state index contributed by atoms with van der Waals surface area (Å²) in [6.45, 7) is 9.27. The normalized spacial score (nSPS) is 49.2. The summed E-state index contributed by atoms with van der Waals surface area (Å²) in [5.41, 5.74) is 1.67. The van der Waals surface area contributed by atoms with Crippen LogP contribution < -0.4 is 0 Å². The van der Waals surface area contributed by atoms with Crippen LogP contribution in [0.2, 0.25) is 0 Å². The summed E-state index contributed by atoms with van der Waals surface area (Å²) >= 11 is 0. The van der Waals surface area contributed by atoms with Crippen LogP contribution in [0.25, 0.3) is 0 Å². The first kappa shape index (κ1) is 19.3. The Morgan fingerprint density at radius 2 is 1.89 bits per heavy atom. The van der Waals surface area contributed by atoms with E-state index in [1.165, 1.54) is 12.0 Å². The van der Waals surface area contributed by atoms with Crippen LogP contribution >= 0.6 is 0 Å². The van der Waals surface area contributed by atoms with Crippen LogP contribution in [-0.4, -0.2) is 54.7 Å². The summed E-state index contributed by atoms with van der Waals surface area (Å²) in [4.78, 5) is 16.0. The number of hydrogen-bond donors (Lipinski definition) is 1. The van der Waals surface area contributed by atoms with E-state index in [0.29, 0.717) is 23.5 Å². The predicted octanol–water partition coefficient (Wildman–Crippen LogP) is 3.44. The van der Waals surface area contributed by atoms with E-state index >= 15 is 0 Å².